The van der Waals surface area contributed by atoms with E-state index in [9.17, 15) is 5.11 Å². The highest BCUT2D eigenvalue weighted by Crippen LogP contribution is 2.39. The van der Waals surface area contributed by atoms with Crippen molar-refractivity contribution in [2.24, 2.45) is 0 Å². The van der Waals surface area contributed by atoms with Gasteiger partial charge in [0.05, 0.1) is 12.1 Å². The van der Waals surface area contributed by atoms with Gasteiger partial charge in [0.25, 0.3) is 0 Å². The fourth-order valence-electron chi connectivity index (χ4n) is 3.23. The average Bonchev–Trinajstić information content (AvgIpc) is 2.92. The van der Waals surface area contributed by atoms with Gasteiger partial charge in [-0.25, -0.2) is 0 Å². The van der Waals surface area contributed by atoms with Gasteiger partial charge in [0.15, 0.2) is 6.23 Å². The molecular weight excluding hydrogens is 320 g/mol. The summed E-state index contributed by atoms with van der Waals surface area (Å²) in [4.78, 5) is 3.68. The molecule has 0 fully saturated rings. The molecule has 24 heavy (non-hydrogen) atoms. The summed E-state index contributed by atoms with van der Waals surface area (Å²) in [6.07, 6.45) is 4.16. The Labute approximate surface area is 148 Å². The molecule has 0 amide bonds. The normalized spacial score (nSPS) is 15.2. The minimum Gasteiger partial charge on any atom is -0.497 e. The number of hydrogen-bond donors (Lipinski definition) is 2. The number of aryl methyl sites for hydroxylation is 1. The monoisotopic (exact) mass is 346 g/mol. The number of aliphatic hydroxyl groups excluding tert-OH is 1. The lowest BCUT2D eigenvalue weighted by molar-refractivity contribution is 0.208. The molecule has 1 aromatic carbocycles. The maximum absolute atomic E-state index is 10.6. The lowest BCUT2D eigenvalue weighted by Gasteiger charge is -2.18. The highest BCUT2D eigenvalue weighted by atomic mass is 32.1. The van der Waals surface area contributed by atoms with E-state index < -0.39 is 6.23 Å². The van der Waals surface area contributed by atoms with Gasteiger partial charge < -0.3 is 20.1 Å². The Balaban J connectivity index is 1.83. The Morgan fingerprint density at radius 2 is 1.92 bits per heavy atom. The van der Waals surface area contributed by atoms with Crippen LogP contribution in [0.1, 0.15) is 40.6 Å². The van der Waals surface area contributed by atoms with Gasteiger partial charge in [-0.15, -0.1) is 11.3 Å². The Morgan fingerprint density at radius 3 is 2.58 bits per heavy atom. The molecule has 130 valence electrons. The van der Waals surface area contributed by atoms with E-state index in [0.717, 1.165) is 29.3 Å². The van der Waals surface area contributed by atoms with Crippen LogP contribution in [0, 0.1) is 0 Å². The number of rotatable bonds is 6. The molecule has 4 nitrogen and oxygen atoms in total. The fraction of sp³-hybridized carbons (Fsp3) is 0.474. The number of methoxy groups -OCH3 is 1. The van der Waals surface area contributed by atoms with Crippen molar-refractivity contribution in [3.8, 4) is 5.75 Å². The standard InChI is InChI=1S/C19H26N2O2S/c1-21(2)12-16-15-6-4-5-7-17(15)24-19(16)20-18(22)13-8-10-14(23-3)11-9-13/h8-11,18,20,22H,4-7,12H2,1-3H3. The predicted molar refractivity (Wildman–Crippen MR) is 99.9 cm³/mol. The third-order valence-electron chi connectivity index (χ3n) is 4.45. The second-order valence-corrected chi connectivity index (χ2v) is 7.68. The summed E-state index contributed by atoms with van der Waals surface area (Å²) in [7, 11) is 5.83. The van der Waals surface area contributed by atoms with Crippen LogP contribution >= 0.6 is 11.3 Å². The van der Waals surface area contributed by atoms with Crippen LogP contribution in [0.4, 0.5) is 5.00 Å². The molecule has 1 aliphatic carbocycles. The molecule has 0 bridgehead atoms. The number of thiophene rings is 1. The average molecular weight is 346 g/mol. The van der Waals surface area contributed by atoms with Crippen LogP contribution < -0.4 is 10.1 Å². The number of anilines is 1. The van der Waals surface area contributed by atoms with E-state index in [2.05, 4.69) is 24.3 Å². The van der Waals surface area contributed by atoms with Crippen LogP contribution in [0.15, 0.2) is 24.3 Å². The highest BCUT2D eigenvalue weighted by Gasteiger charge is 2.22. The molecule has 1 atom stereocenters. The van der Waals surface area contributed by atoms with E-state index in [1.54, 1.807) is 7.11 Å². The van der Waals surface area contributed by atoms with Gasteiger partial charge in [0, 0.05) is 22.5 Å². The Hall–Kier alpha value is -1.56. The molecule has 2 N–H and O–H groups in total. The van der Waals surface area contributed by atoms with Crippen molar-refractivity contribution >= 4 is 16.3 Å². The second-order valence-electron chi connectivity index (χ2n) is 6.58. The molecule has 1 aliphatic rings. The molecule has 0 spiro atoms. The summed E-state index contributed by atoms with van der Waals surface area (Å²) in [6, 6.07) is 7.55. The first-order valence-electron chi connectivity index (χ1n) is 8.45. The Bertz CT molecular complexity index is 679. The number of aliphatic hydroxyl groups is 1. The third kappa shape index (κ3) is 3.74. The second kappa shape index (κ2) is 7.55. The van der Waals surface area contributed by atoms with Crippen molar-refractivity contribution in [1.82, 2.24) is 4.90 Å². The smallest absolute Gasteiger partial charge is 0.151 e. The van der Waals surface area contributed by atoms with Gasteiger partial charge in [0.1, 0.15) is 5.75 Å². The maximum Gasteiger partial charge on any atom is 0.151 e. The summed E-state index contributed by atoms with van der Waals surface area (Å²) in [6.45, 7) is 0.906. The van der Waals surface area contributed by atoms with Gasteiger partial charge in [0.2, 0.25) is 0 Å². The lowest BCUT2D eigenvalue weighted by atomic mass is 9.95. The molecule has 0 saturated carbocycles. The number of fused-ring (bicyclic) bond motifs is 1. The fourth-order valence-corrected chi connectivity index (χ4v) is 4.55. The first kappa shape index (κ1) is 17.3. The Morgan fingerprint density at radius 1 is 1.21 bits per heavy atom. The number of nitrogens with zero attached hydrogens (tertiary/aromatic N) is 1. The SMILES string of the molecule is COc1ccc(C(O)Nc2sc3c(c2CN(C)C)CCCC3)cc1. The molecule has 2 aromatic rings. The minimum absolute atomic E-state index is 0.711. The number of nitrogens with one attached hydrogen (secondary N) is 1. The summed E-state index contributed by atoms with van der Waals surface area (Å²) >= 11 is 1.81. The lowest BCUT2D eigenvalue weighted by Crippen LogP contribution is -2.15. The molecular formula is C19H26N2O2S. The first-order chi connectivity index (χ1) is 11.6. The van der Waals surface area contributed by atoms with E-state index in [4.69, 9.17) is 4.74 Å². The molecule has 5 heteroatoms. The van der Waals surface area contributed by atoms with Gasteiger partial charge in [-0.1, -0.05) is 12.1 Å². The van der Waals surface area contributed by atoms with Crippen LogP contribution in [0.2, 0.25) is 0 Å². The summed E-state index contributed by atoms with van der Waals surface area (Å²) < 4.78 is 5.18. The van der Waals surface area contributed by atoms with Gasteiger partial charge in [-0.2, -0.15) is 0 Å². The first-order valence-corrected chi connectivity index (χ1v) is 9.27. The van der Waals surface area contributed by atoms with Gasteiger partial charge in [-0.05, 0) is 57.5 Å². The van der Waals surface area contributed by atoms with E-state index >= 15 is 0 Å². The number of benzene rings is 1. The quantitative estimate of drug-likeness (QED) is 0.781. The van der Waals surface area contributed by atoms with Crippen LogP contribution in [-0.4, -0.2) is 31.2 Å². The zero-order valence-electron chi connectivity index (χ0n) is 14.6. The van der Waals surface area contributed by atoms with Crippen molar-refractivity contribution in [2.75, 3.05) is 26.5 Å². The van der Waals surface area contributed by atoms with E-state index in [1.807, 2.05) is 35.6 Å². The number of ether oxygens (including phenoxy) is 1. The van der Waals surface area contributed by atoms with Crippen LogP contribution in [0.25, 0.3) is 0 Å². The zero-order chi connectivity index (χ0) is 17.1. The predicted octanol–water partition coefficient (Wildman–Crippen LogP) is 3.80. The van der Waals surface area contributed by atoms with Gasteiger partial charge >= 0.3 is 0 Å². The van der Waals surface area contributed by atoms with Crippen molar-refractivity contribution in [3.05, 3.63) is 45.8 Å². The third-order valence-corrected chi connectivity index (χ3v) is 5.72. The van der Waals surface area contributed by atoms with Crippen LogP contribution in [-0.2, 0) is 19.4 Å². The topological polar surface area (TPSA) is 44.7 Å². The zero-order valence-corrected chi connectivity index (χ0v) is 15.4. The Kier molecular flexibility index (Phi) is 5.43. The van der Waals surface area contributed by atoms with Crippen LogP contribution in [0.5, 0.6) is 5.75 Å². The molecule has 0 radical (unpaired) electrons. The van der Waals surface area contributed by atoms with E-state index in [0.29, 0.717) is 0 Å². The molecule has 1 aromatic heterocycles. The number of hydrogen-bond acceptors (Lipinski definition) is 5. The largest absolute Gasteiger partial charge is 0.497 e. The molecule has 0 aliphatic heterocycles. The van der Waals surface area contributed by atoms with E-state index in [-0.39, 0.29) is 0 Å². The van der Waals surface area contributed by atoms with Crippen molar-refractivity contribution in [3.63, 3.8) is 0 Å². The molecule has 1 unspecified atom stereocenters. The summed E-state index contributed by atoms with van der Waals surface area (Å²) in [5, 5.41) is 15.0. The molecule has 0 saturated heterocycles. The summed E-state index contributed by atoms with van der Waals surface area (Å²) in [5.41, 5.74) is 3.70. The highest BCUT2D eigenvalue weighted by molar-refractivity contribution is 7.16. The van der Waals surface area contributed by atoms with E-state index in [1.165, 1.54) is 35.3 Å². The van der Waals surface area contributed by atoms with Crippen molar-refractivity contribution in [1.29, 1.82) is 0 Å². The maximum atomic E-state index is 10.6. The minimum atomic E-state index is -0.711. The van der Waals surface area contributed by atoms with Gasteiger partial charge in [-0.3, -0.25) is 0 Å². The molecule has 1 heterocycles. The van der Waals surface area contributed by atoms with Crippen molar-refractivity contribution in [2.45, 2.75) is 38.5 Å². The van der Waals surface area contributed by atoms with Crippen molar-refractivity contribution < 1.29 is 9.84 Å². The summed E-state index contributed by atoms with van der Waals surface area (Å²) in [5.74, 6) is 0.797. The molecule has 3 rings (SSSR count). The van der Waals surface area contributed by atoms with Crippen LogP contribution in [0.3, 0.4) is 0 Å².